The molecule has 4 heteroatoms. The Morgan fingerprint density at radius 3 is 2.57 bits per heavy atom. The van der Waals surface area contributed by atoms with E-state index >= 15 is 0 Å². The summed E-state index contributed by atoms with van der Waals surface area (Å²) in [6, 6.07) is 8.17. The lowest BCUT2D eigenvalue weighted by atomic mass is 10.0. The van der Waals surface area contributed by atoms with Crippen LogP contribution in [-0.4, -0.2) is 25.6 Å². The van der Waals surface area contributed by atoms with Gasteiger partial charge in [-0.05, 0) is 24.9 Å². The average Bonchev–Trinajstić information content (AvgIpc) is 2.49. The molecule has 0 bridgehead atoms. The van der Waals surface area contributed by atoms with Crippen molar-refractivity contribution in [3.63, 3.8) is 0 Å². The van der Waals surface area contributed by atoms with E-state index in [1.165, 1.54) is 0 Å². The minimum Gasteiger partial charge on any atom is -0.483 e. The van der Waals surface area contributed by atoms with Crippen molar-refractivity contribution in [1.29, 1.82) is 0 Å². The number of carbonyl (C=O) groups is 1. The van der Waals surface area contributed by atoms with Crippen LogP contribution in [0.5, 0.6) is 5.75 Å². The van der Waals surface area contributed by atoms with E-state index in [0.29, 0.717) is 12.5 Å². The third kappa shape index (κ3) is 6.17. The molecule has 0 saturated carbocycles. The maximum atomic E-state index is 11.7. The van der Waals surface area contributed by atoms with Crippen LogP contribution in [0.2, 0.25) is 0 Å². The van der Waals surface area contributed by atoms with Crippen LogP contribution in [0.4, 0.5) is 0 Å². The number of ether oxygens (including phenoxy) is 1. The highest BCUT2D eigenvalue weighted by Gasteiger charge is 2.14. The van der Waals surface area contributed by atoms with Crippen LogP contribution in [0.25, 0.3) is 0 Å². The number of amides is 1. The standard InChI is InChI=1S/C17H28N2O2/c1-5-15(18-6-2)14-9-7-8-10-16(14)21-12-17(20)19-11-13(3)4/h7-10,13,15,18H,5-6,11-12H2,1-4H3,(H,19,20). The molecule has 118 valence electrons. The topological polar surface area (TPSA) is 50.4 Å². The Balaban J connectivity index is 2.64. The molecule has 0 spiro atoms. The van der Waals surface area contributed by atoms with Crippen LogP contribution in [-0.2, 0) is 4.79 Å². The lowest BCUT2D eigenvalue weighted by molar-refractivity contribution is -0.123. The van der Waals surface area contributed by atoms with Gasteiger partial charge in [-0.25, -0.2) is 0 Å². The minimum atomic E-state index is -0.0741. The number of rotatable bonds is 9. The van der Waals surface area contributed by atoms with Gasteiger partial charge >= 0.3 is 0 Å². The van der Waals surface area contributed by atoms with Crippen molar-refractivity contribution in [3.8, 4) is 5.75 Å². The summed E-state index contributed by atoms with van der Waals surface area (Å²) in [6.07, 6.45) is 0.980. The van der Waals surface area contributed by atoms with E-state index < -0.39 is 0 Å². The summed E-state index contributed by atoms with van der Waals surface area (Å²) >= 11 is 0. The van der Waals surface area contributed by atoms with Crippen LogP contribution < -0.4 is 15.4 Å². The second-order valence-corrected chi connectivity index (χ2v) is 5.54. The third-order valence-corrected chi connectivity index (χ3v) is 3.22. The van der Waals surface area contributed by atoms with Crippen LogP contribution in [0, 0.1) is 5.92 Å². The zero-order valence-corrected chi connectivity index (χ0v) is 13.6. The van der Waals surface area contributed by atoms with Gasteiger partial charge in [0.1, 0.15) is 5.75 Å². The number of hydrogen-bond donors (Lipinski definition) is 2. The van der Waals surface area contributed by atoms with Gasteiger partial charge in [0, 0.05) is 18.2 Å². The highest BCUT2D eigenvalue weighted by atomic mass is 16.5. The molecule has 0 aliphatic heterocycles. The highest BCUT2D eigenvalue weighted by Crippen LogP contribution is 2.26. The first-order valence-corrected chi connectivity index (χ1v) is 7.80. The first-order valence-electron chi connectivity index (χ1n) is 7.80. The van der Waals surface area contributed by atoms with Crippen molar-refractivity contribution in [1.82, 2.24) is 10.6 Å². The number of carbonyl (C=O) groups excluding carboxylic acids is 1. The Labute approximate surface area is 128 Å². The van der Waals surface area contributed by atoms with E-state index in [-0.39, 0.29) is 18.6 Å². The average molecular weight is 292 g/mol. The second kappa shape index (κ2) is 9.40. The molecule has 1 unspecified atom stereocenters. The Bertz CT molecular complexity index is 433. The molecule has 1 aromatic carbocycles. The van der Waals surface area contributed by atoms with Crippen molar-refractivity contribution in [2.75, 3.05) is 19.7 Å². The summed E-state index contributed by atoms with van der Waals surface area (Å²) < 4.78 is 5.71. The van der Waals surface area contributed by atoms with E-state index in [0.717, 1.165) is 24.3 Å². The molecule has 0 aliphatic rings. The number of para-hydroxylation sites is 1. The number of nitrogens with one attached hydrogen (secondary N) is 2. The molecule has 1 rings (SSSR count). The van der Waals surface area contributed by atoms with Gasteiger partial charge in [0.05, 0.1) is 0 Å². The second-order valence-electron chi connectivity index (χ2n) is 5.54. The van der Waals surface area contributed by atoms with E-state index in [2.05, 4.69) is 44.4 Å². The van der Waals surface area contributed by atoms with E-state index in [9.17, 15) is 4.79 Å². The SMILES string of the molecule is CCNC(CC)c1ccccc1OCC(=O)NCC(C)C. The molecule has 0 radical (unpaired) electrons. The molecule has 4 nitrogen and oxygen atoms in total. The van der Waals surface area contributed by atoms with Gasteiger partial charge in [0.25, 0.3) is 5.91 Å². The van der Waals surface area contributed by atoms with Gasteiger partial charge in [0.2, 0.25) is 0 Å². The quantitative estimate of drug-likeness (QED) is 0.736. The fraction of sp³-hybridized carbons (Fsp3) is 0.588. The third-order valence-electron chi connectivity index (χ3n) is 3.22. The molecule has 0 aliphatic carbocycles. The molecule has 1 atom stereocenters. The molecule has 0 fully saturated rings. The first-order chi connectivity index (χ1) is 10.1. The van der Waals surface area contributed by atoms with Crippen molar-refractivity contribution < 1.29 is 9.53 Å². The lowest BCUT2D eigenvalue weighted by Gasteiger charge is -2.20. The summed E-state index contributed by atoms with van der Waals surface area (Å²) in [5.41, 5.74) is 1.11. The Morgan fingerprint density at radius 2 is 1.95 bits per heavy atom. The highest BCUT2D eigenvalue weighted by molar-refractivity contribution is 5.77. The van der Waals surface area contributed by atoms with Crippen LogP contribution in [0.15, 0.2) is 24.3 Å². The zero-order chi connectivity index (χ0) is 15.7. The monoisotopic (exact) mass is 292 g/mol. The molecule has 0 aromatic heterocycles. The fourth-order valence-electron chi connectivity index (χ4n) is 2.13. The van der Waals surface area contributed by atoms with Gasteiger partial charge < -0.3 is 15.4 Å². The van der Waals surface area contributed by atoms with Gasteiger partial charge in [-0.15, -0.1) is 0 Å². The summed E-state index contributed by atoms with van der Waals surface area (Å²) in [4.78, 5) is 11.7. The first kappa shape index (κ1) is 17.5. The summed E-state index contributed by atoms with van der Waals surface area (Å²) in [7, 11) is 0. The van der Waals surface area contributed by atoms with Gasteiger partial charge in [-0.2, -0.15) is 0 Å². The smallest absolute Gasteiger partial charge is 0.257 e. The van der Waals surface area contributed by atoms with E-state index in [4.69, 9.17) is 4.74 Å². The van der Waals surface area contributed by atoms with Crippen molar-refractivity contribution in [3.05, 3.63) is 29.8 Å². The molecule has 1 amide bonds. The van der Waals surface area contributed by atoms with E-state index in [1.54, 1.807) is 0 Å². The molecule has 1 aromatic rings. The van der Waals surface area contributed by atoms with Crippen molar-refractivity contribution >= 4 is 5.91 Å². The maximum absolute atomic E-state index is 11.7. The fourth-order valence-corrected chi connectivity index (χ4v) is 2.13. The number of benzene rings is 1. The van der Waals surface area contributed by atoms with Crippen LogP contribution >= 0.6 is 0 Å². The van der Waals surface area contributed by atoms with Crippen LogP contribution in [0.1, 0.15) is 45.7 Å². The molecule has 0 heterocycles. The lowest BCUT2D eigenvalue weighted by Crippen LogP contribution is -2.32. The van der Waals surface area contributed by atoms with Gasteiger partial charge in [0.15, 0.2) is 6.61 Å². The molecule has 2 N–H and O–H groups in total. The maximum Gasteiger partial charge on any atom is 0.257 e. The largest absolute Gasteiger partial charge is 0.483 e. The van der Waals surface area contributed by atoms with Crippen molar-refractivity contribution in [2.24, 2.45) is 5.92 Å². The predicted octanol–water partition coefficient (Wildman–Crippen LogP) is 2.90. The summed E-state index contributed by atoms with van der Waals surface area (Å²) in [5.74, 6) is 1.15. The Hall–Kier alpha value is -1.55. The molecular formula is C17H28N2O2. The number of hydrogen-bond acceptors (Lipinski definition) is 3. The zero-order valence-electron chi connectivity index (χ0n) is 13.6. The molecular weight excluding hydrogens is 264 g/mol. The van der Waals surface area contributed by atoms with Crippen molar-refractivity contribution in [2.45, 2.75) is 40.2 Å². The Morgan fingerprint density at radius 1 is 1.24 bits per heavy atom. The van der Waals surface area contributed by atoms with Crippen LogP contribution in [0.3, 0.4) is 0 Å². The molecule has 0 saturated heterocycles. The minimum absolute atomic E-state index is 0.0618. The summed E-state index contributed by atoms with van der Waals surface area (Å²) in [6.45, 7) is 10.0. The summed E-state index contributed by atoms with van der Waals surface area (Å²) in [5, 5.41) is 6.30. The van der Waals surface area contributed by atoms with E-state index in [1.807, 2.05) is 18.2 Å². The Kier molecular flexibility index (Phi) is 7.83. The normalized spacial score (nSPS) is 12.2. The van der Waals surface area contributed by atoms with Gasteiger partial charge in [-0.1, -0.05) is 45.9 Å². The molecule has 21 heavy (non-hydrogen) atoms. The predicted molar refractivity (Wildman–Crippen MR) is 86.5 cm³/mol. The van der Waals surface area contributed by atoms with Gasteiger partial charge in [-0.3, -0.25) is 4.79 Å².